The molecule has 2 aromatic heterocycles. The van der Waals surface area contributed by atoms with Crippen molar-refractivity contribution in [1.29, 1.82) is 0 Å². The lowest BCUT2D eigenvalue weighted by Gasteiger charge is -2.12. The van der Waals surface area contributed by atoms with Crippen molar-refractivity contribution in [2.24, 2.45) is 0 Å². The fourth-order valence-corrected chi connectivity index (χ4v) is 2.65. The Morgan fingerprint density at radius 1 is 1.17 bits per heavy atom. The molecular weight excluding hydrogens is 322 g/mol. The predicted molar refractivity (Wildman–Crippen MR) is 96.6 cm³/mol. The third kappa shape index (κ3) is 3.30. The topological polar surface area (TPSA) is 48.1 Å². The number of nitrogens with zero attached hydrogens (tertiary/aromatic N) is 5. The van der Waals surface area contributed by atoms with Gasteiger partial charge in [-0.15, -0.1) is 5.10 Å². The smallest absolute Gasteiger partial charge is 0.153 e. The van der Waals surface area contributed by atoms with Crippen LogP contribution in [0.15, 0.2) is 48.8 Å². The van der Waals surface area contributed by atoms with Gasteiger partial charge in [0, 0.05) is 26.0 Å². The molecule has 2 heterocycles. The van der Waals surface area contributed by atoms with Gasteiger partial charge in [-0.25, -0.2) is 4.68 Å². The van der Waals surface area contributed by atoms with Crippen molar-refractivity contribution in [3.8, 4) is 11.4 Å². The van der Waals surface area contributed by atoms with E-state index in [4.69, 9.17) is 17.0 Å². The van der Waals surface area contributed by atoms with Gasteiger partial charge in [-0.1, -0.05) is 17.4 Å². The summed E-state index contributed by atoms with van der Waals surface area (Å²) < 4.78 is 9.58. The van der Waals surface area contributed by atoms with E-state index >= 15 is 0 Å². The lowest BCUT2D eigenvalue weighted by atomic mass is 10.2. The van der Waals surface area contributed by atoms with Gasteiger partial charge in [0.2, 0.25) is 0 Å². The van der Waals surface area contributed by atoms with E-state index in [0.717, 1.165) is 17.1 Å². The van der Waals surface area contributed by atoms with Crippen LogP contribution in [0.4, 0.5) is 5.69 Å². The maximum Gasteiger partial charge on any atom is 0.153 e. The molecule has 124 valence electrons. The van der Waals surface area contributed by atoms with Crippen molar-refractivity contribution in [3.05, 3.63) is 59.1 Å². The molecular formula is C17H19N5OS. The third-order valence-corrected chi connectivity index (χ3v) is 4.14. The minimum Gasteiger partial charge on any atom is -0.494 e. The van der Waals surface area contributed by atoms with Gasteiger partial charge in [-0.2, -0.15) is 0 Å². The number of methoxy groups -OCH3 is 1. The molecule has 1 aromatic carbocycles. The number of hydrogen-bond donors (Lipinski definition) is 0. The number of benzene rings is 1. The molecule has 7 heteroatoms. The molecule has 0 amide bonds. The number of rotatable bonds is 5. The maximum absolute atomic E-state index is 5.41. The third-order valence-electron chi connectivity index (χ3n) is 3.71. The standard InChI is InChI=1S/C17H19N5OS/c1-20(2)14-6-8-15(9-7-14)22-12-13(18-19-22)11-21-10-4-5-16(23-3)17(21)24/h4-10,12H,11H2,1-3H3. The Morgan fingerprint density at radius 2 is 1.92 bits per heavy atom. The van der Waals surface area contributed by atoms with Crippen molar-refractivity contribution in [2.45, 2.75) is 6.54 Å². The average Bonchev–Trinajstić information content (AvgIpc) is 3.05. The lowest BCUT2D eigenvalue weighted by Crippen LogP contribution is -2.08. The summed E-state index contributed by atoms with van der Waals surface area (Å²) in [5.41, 5.74) is 2.94. The second kappa shape index (κ2) is 6.84. The van der Waals surface area contributed by atoms with Crippen molar-refractivity contribution in [3.63, 3.8) is 0 Å². The van der Waals surface area contributed by atoms with E-state index in [0.29, 0.717) is 16.9 Å². The number of hydrogen-bond acceptors (Lipinski definition) is 5. The first-order valence-electron chi connectivity index (χ1n) is 7.51. The summed E-state index contributed by atoms with van der Waals surface area (Å²) in [6.45, 7) is 0.547. The van der Waals surface area contributed by atoms with E-state index in [1.165, 1.54) is 0 Å². The Morgan fingerprint density at radius 3 is 2.58 bits per heavy atom. The van der Waals surface area contributed by atoms with Gasteiger partial charge in [0.15, 0.2) is 5.75 Å². The largest absolute Gasteiger partial charge is 0.494 e. The second-order valence-corrected chi connectivity index (χ2v) is 5.96. The molecule has 0 bridgehead atoms. The normalized spacial score (nSPS) is 10.6. The van der Waals surface area contributed by atoms with Gasteiger partial charge in [-0.05, 0) is 36.4 Å². The highest BCUT2D eigenvalue weighted by molar-refractivity contribution is 7.71. The summed E-state index contributed by atoms with van der Waals surface area (Å²) in [6, 6.07) is 11.9. The van der Waals surface area contributed by atoms with Crippen LogP contribution >= 0.6 is 12.2 Å². The van der Waals surface area contributed by atoms with Gasteiger partial charge >= 0.3 is 0 Å². The first-order chi connectivity index (χ1) is 11.6. The number of anilines is 1. The van der Waals surface area contributed by atoms with Crippen LogP contribution in [0.2, 0.25) is 0 Å². The zero-order valence-corrected chi connectivity index (χ0v) is 14.7. The van der Waals surface area contributed by atoms with Gasteiger partial charge in [0.25, 0.3) is 0 Å². The van der Waals surface area contributed by atoms with Crippen LogP contribution in [-0.2, 0) is 6.54 Å². The van der Waals surface area contributed by atoms with Crippen molar-refractivity contribution in [1.82, 2.24) is 19.6 Å². The molecule has 0 saturated heterocycles. The van der Waals surface area contributed by atoms with E-state index in [-0.39, 0.29) is 0 Å². The minimum atomic E-state index is 0.547. The first-order valence-corrected chi connectivity index (χ1v) is 7.92. The van der Waals surface area contributed by atoms with E-state index in [9.17, 15) is 0 Å². The molecule has 0 spiro atoms. The molecule has 0 aliphatic carbocycles. The van der Waals surface area contributed by atoms with Crippen LogP contribution < -0.4 is 9.64 Å². The minimum absolute atomic E-state index is 0.547. The number of pyridine rings is 1. The second-order valence-electron chi connectivity index (χ2n) is 5.57. The highest BCUT2D eigenvalue weighted by Crippen LogP contribution is 2.16. The zero-order chi connectivity index (χ0) is 17.1. The molecule has 0 radical (unpaired) electrons. The average molecular weight is 341 g/mol. The van der Waals surface area contributed by atoms with Gasteiger partial charge < -0.3 is 14.2 Å². The fraction of sp³-hybridized carbons (Fsp3) is 0.235. The van der Waals surface area contributed by atoms with Gasteiger partial charge in [0.05, 0.1) is 25.5 Å². The summed E-state index contributed by atoms with van der Waals surface area (Å²) in [5.74, 6) is 0.680. The zero-order valence-electron chi connectivity index (χ0n) is 13.9. The molecule has 24 heavy (non-hydrogen) atoms. The van der Waals surface area contributed by atoms with Crippen LogP contribution in [0.25, 0.3) is 5.69 Å². The predicted octanol–water partition coefficient (Wildman–Crippen LogP) is 2.92. The number of ether oxygens (including phenoxy) is 1. The molecule has 6 nitrogen and oxygen atoms in total. The fourth-order valence-electron chi connectivity index (χ4n) is 2.37. The van der Waals surface area contributed by atoms with Crippen molar-refractivity contribution in [2.75, 3.05) is 26.1 Å². The van der Waals surface area contributed by atoms with Crippen LogP contribution in [0.3, 0.4) is 0 Å². The van der Waals surface area contributed by atoms with Gasteiger partial charge in [0.1, 0.15) is 10.3 Å². The maximum atomic E-state index is 5.41. The highest BCUT2D eigenvalue weighted by Gasteiger charge is 2.06. The van der Waals surface area contributed by atoms with E-state index in [1.807, 2.05) is 55.3 Å². The molecule has 3 rings (SSSR count). The Balaban J connectivity index is 1.82. The molecule has 0 unspecified atom stereocenters. The quantitative estimate of drug-likeness (QED) is 0.668. The molecule has 0 N–H and O–H groups in total. The monoisotopic (exact) mass is 341 g/mol. The Hall–Kier alpha value is -2.67. The van der Waals surface area contributed by atoms with Crippen molar-refractivity contribution >= 4 is 17.9 Å². The van der Waals surface area contributed by atoms with E-state index < -0.39 is 0 Å². The molecule has 0 fully saturated rings. The van der Waals surface area contributed by atoms with Crippen LogP contribution in [-0.4, -0.2) is 40.8 Å². The van der Waals surface area contributed by atoms with E-state index in [1.54, 1.807) is 11.8 Å². The number of aromatic nitrogens is 4. The molecule has 0 aliphatic heterocycles. The van der Waals surface area contributed by atoms with Crippen LogP contribution in [0, 0.1) is 4.64 Å². The van der Waals surface area contributed by atoms with E-state index in [2.05, 4.69) is 27.3 Å². The molecule has 3 aromatic rings. The summed E-state index contributed by atoms with van der Waals surface area (Å²) in [6.07, 6.45) is 3.82. The van der Waals surface area contributed by atoms with Crippen LogP contribution in [0.5, 0.6) is 5.75 Å². The Bertz CT molecular complexity index is 882. The summed E-state index contributed by atoms with van der Waals surface area (Å²) in [4.78, 5) is 2.06. The molecule has 0 aliphatic rings. The first kappa shape index (κ1) is 16.2. The van der Waals surface area contributed by atoms with Crippen molar-refractivity contribution < 1.29 is 4.74 Å². The lowest BCUT2D eigenvalue weighted by molar-refractivity contribution is 0.407. The Labute approximate surface area is 145 Å². The Kier molecular flexibility index (Phi) is 4.61. The summed E-state index contributed by atoms with van der Waals surface area (Å²) >= 11 is 5.41. The molecule has 0 atom stereocenters. The van der Waals surface area contributed by atoms with Gasteiger partial charge in [-0.3, -0.25) is 0 Å². The molecule has 0 saturated carbocycles. The SMILES string of the molecule is COc1cccn(Cc2cn(-c3ccc(N(C)C)cc3)nn2)c1=S. The highest BCUT2D eigenvalue weighted by atomic mass is 32.1. The van der Waals surface area contributed by atoms with Crippen LogP contribution in [0.1, 0.15) is 5.69 Å². The summed E-state index contributed by atoms with van der Waals surface area (Å²) in [5, 5.41) is 8.44. The summed E-state index contributed by atoms with van der Waals surface area (Å²) in [7, 11) is 5.64.